The lowest BCUT2D eigenvalue weighted by Crippen LogP contribution is -2.50. The monoisotopic (exact) mass is 529 g/mol. The van der Waals surface area contributed by atoms with Gasteiger partial charge in [0.1, 0.15) is 12.1 Å². The molecule has 1 amide bonds. The van der Waals surface area contributed by atoms with Crippen LogP contribution in [-0.2, 0) is 21.6 Å². The minimum Gasteiger partial charge on any atom is -0.493 e. The number of nitrogens with zero attached hydrogens (tertiary/aromatic N) is 1. The van der Waals surface area contributed by atoms with Crippen LogP contribution in [0.15, 0.2) is 56.1 Å². The van der Waals surface area contributed by atoms with Crippen molar-refractivity contribution in [1.82, 2.24) is 4.90 Å². The summed E-state index contributed by atoms with van der Waals surface area (Å²) in [5.74, 6) is -0.286. The minimum absolute atomic E-state index is 0.104. The van der Waals surface area contributed by atoms with E-state index in [1.807, 2.05) is 37.3 Å². The summed E-state index contributed by atoms with van der Waals surface area (Å²) in [4.78, 5) is 39.0. The fourth-order valence-electron chi connectivity index (χ4n) is 4.04. The molecule has 38 heavy (non-hydrogen) atoms. The summed E-state index contributed by atoms with van der Waals surface area (Å²) in [5, 5.41) is 0. The van der Waals surface area contributed by atoms with Gasteiger partial charge in [0.2, 0.25) is 5.75 Å². The van der Waals surface area contributed by atoms with Crippen molar-refractivity contribution >= 4 is 12.1 Å². The Bertz CT molecular complexity index is 1290. The number of carbonyl (C=O) groups is 2. The predicted octanol–water partition coefficient (Wildman–Crippen LogP) is 4.30. The number of benzene rings is 2. The third-order valence-electron chi connectivity index (χ3n) is 6.32. The molecule has 1 aromatic heterocycles. The number of rotatable bonds is 11. The van der Waals surface area contributed by atoms with E-state index in [9.17, 15) is 14.4 Å². The number of hydrogen-bond acceptors (Lipinski definition) is 10. The van der Waals surface area contributed by atoms with E-state index in [0.29, 0.717) is 23.7 Å². The molecule has 1 atom stereocenters. The Morgan fingerprint density at radius 1 is 0.947 bits per heavy atom. The predicted molar refractivity (Wildman–Crippen MR) is 135 cm³/mol. The number of carbonyl (C=O) groups excluding carboxylic acids is 2. The molecular weight excluding hydrogens is 498 g/mol. The molecule has 11 heteroatoms. The molecule has 0 aliphatic rings. The number of hydrogen-bond donors (Lipinski definition) is 0. The summed E-state index contributed by atoms with van der Waals surface area (Å²) in [5.41, 5.74) is -0.181. The van der Waals surface area contributed by atoms with Crippen LogP contribution in [0, 0.1) is 6.92 Å². The van der Waals surface area contributed by atoms with E-state index in [1.165, 1.54) is 45.3 Å². The highest BCUT2D eigenvalue weighted by Crippen LogP contribution is 2.39. The van der Waals surface area contributed by atoms with Gasteiger partial charge in [0.15, 0.2) is 29.6 Å². The van der Waals surface area contributed by atoms with Gasteiger partial charge in [0.05, 0.1) is 26.9 Å². The third-order valence-corrected chi connectivity index (χ3v) is 6.32. The molecule has 0 spiro atoms. The molecule has 0 fully saturated rings. The summed E-state index contributed by atoms with van der Waals surface area (Å²) in [6, 6.07) is 12.1. The summed E-state index contributed by atoms with van der Waals surface area (Å²) in [7, 11) is 5.90. The molecule has 0 aliphatic carbocycles. The lowest BCUT2D eigenvalue weighted by molar-refractivity contribution is -0.00167. The first-order valence-electron chi connectivity index (χ1n) is 11.7. The topological polar surface area (TPSA) is 127 Å². The van der Waals surface area contributed by atoms with Crippen LogP contribution in [0.2, 0.25) is 0 Å². The van der Waals surface area contributed by atoms with Crippen LogP contribution >= 0.6 is 0 Å². The van der Waals surface area contributed by atoms with Crippen LogP contribution in [0.4, 0.5) is 4.79 Å². The Morgan fingerprint density at radius 2 is 1.58 bits per heavy atom. The zero-order valence-electron chi connectivity index (χ0n) is 22.2. The summed E-state index contributed by atoms with van der Waals surface area (Å²) < 4.78 is 36.8. The number of methoxy groups -OCH3 is 3. The van der Waals surface area contributed by atoms with Crippen molar-refractivity contribution < 1.29 is 42.1 Å². The normalized spacial score (nSPS) is 12.3. The highest BCUT2D eigenvalue weighted by atomic mass is 16.6. The first-order chi connectivity index (χ1) is 18.2. The highest BCUT2D eigenvalue weighted by molar-refractivity contribution is 5.91. The van der Waals surface area contributed by atoms with Crippen molar-refractivity contribution in [2.45, 2.75) is 32.4 Å². The molecule has 204 valence electrons. The van der Waals surface area contributed by atoms with E-state index in [1.54, 1.807) is 7.05 Å². The van der Waals surface area contributed by atoms with Crippen molar-refractivity contribution in [2.24, 2.45) is 0 Å². The molecule has 3 rings (SSSR count). The molecule has 0 saturated heterocycles. The van der Waals surface area contributed by atoms with Gasteiger partial charge in [0, 0.05) is 7.05 Å². The lowest BCUT2D eigenvalue weighted by atomic mass is 9.86. The van der Waals surface area contributed by atoms with E-state index >= 15 is 0 Å². The number of amides is 1. The lowest BCUT2D eigenvalue weighted by Gasteiger charge is -2.40. The summed E-state index contributed by atoms with van der Waals surface area (Å²) >= 11 is 0. The molecule has 0 aliphatic heterocycles. The number of likely N-dealkylation sites (N-methyl/N-ethyl adjacent to an activating group) is 1. The highest BCUT2D eigenvalue weighted by Gasteiger charge is 2.40. The maximum absolute atomic E-state index is 13.2. The van der Waals surface area contributed by atoms with Crippen LogP contribution in [0.3, 0.4) is 0 Å². The standard InChI is InChI=1S/C27H31NO10/c1-7-27(19-11-9-8-10-12-19,28(3)25(30)35-15-22-17(2)37-26(31)38-22)16-36-24(29)18-13-20(32-4)23(34-6)21(14-18)33-5/h8-14H,7,15-16H2,1-6H3/t27-/m1/s1. The zero-order chi connectivity index (χ0) is 27.9. The van der Waals surface area contributed by atoms with Crippen LogP contribution in [-0.4, -0.2) is 51.9 Å². The van der Waals surface area contributed by atoms with Crippen molar-refractivity contribution in [3.63, 3.8) is 0 Å². The molecule has 0 radical (unpaired) electrons. The summed E-state index contributed by atoms with van der Waals surface area (Å²) in [6.07, 6.45) is -0.340. The fraction of sp³-hybridized carbons (Fsp3) is 0.370. The van der Waals surface area contributed by atoms with Gasteiger partial charge in [0.25, 0.3) is 0 Å². The van der Waals surface area contributed by atoms with Gasteiger partial charge in [-0.2, -0.15) is 0 Å². The maximum Gasteiger partial charge on any atom is 0.519 e. The van der Waals surface area contributed by atoms with Crippen molar-refractivity contribution in [1.29, 1.82) is 0 Å². The second-order valence-corrected chi connectivity index (χ2v) is 8.29. The van der Waals surface area contributed by atoms with Gasteiger partial charge < -0.3 is 32.5 Å². The number of esters is 1. The Hall–Kier alpha value is -4.41. The van der Waals surface area contributed by atoms with Gasteiger partial charge in [-0.1, -0.05) is 37.3 Å². The average Bonchev–Trinajstić information content (AvgIpc) is 3.27. The molecule has 2 aromatic carbocycles. The van der Waals surface area contributed by atoms with Gasteiger partial charge in [-0.3, -0.25) is 4.90 Å². The second kappa shape index (κ2) is 12.2. The maximum atomic E-state index is 13.2. The first kappa shape index (κ1) is 28.2. The molecule has 0 unspecified atom stereocenters. The van der Waals surface area contributed by atoms with E-state index < -0.39 is 23.4 Å². The van der Waals surface area contributed by atoms with E-state index in [0.717, 1.165) is 5.56 Å². The molecule has 0 N–H and O–H groups in total. The van der Waals surface area contributed by atoms with Crippen LogP contribution in [0.1, 0.15) is 40.8 Å². The molecular formula is C27H31NO10. The smallest absolute Gasteiger partial charge is 0.493 e. The van der Waals surface area contributed by atoms with Gasteiger partial charge in [-0.15, -0.1) is 0 Å². The van der Waals surface area contributed by atoms with Crippen molar-refractivity contribution in [2.75, 3.05) is 35.0 Å². The van der Waals surface area contributed by atoms with Crippen LogP contribution < -0.4 is 20.0 Å². The molecule has 3 aromatic rings. The Morgan fingerprint density at radius 3 is 2.08 bits per heavy atom. The van der Waals surface area contributed by atoms with Crippen LogP contribution in [0.5, 0.6) is 17.2 Å². The van der Waals surface area contributed by atoms with E-state index in [2.05, 4.69) is 0 Å². The second-order valence-electron chi connectivity index (χ2n) is 8.29. The Kier molecular flexibility index (Phi) is 9.06. The van der Waals surface area contributed by atoms with Crippen LogP contribution in [0.25, 0.3) is 0 Å². The van der Waals surface area contributed by atoms with Gasteiger partial charge >= 0.3 is 17.9 Å². The Labute approximate surface area is 219 Å². The molecule has 0 bridgehead atoms. The van der Waals surface area contributed by atoms with E-state index in [4.69, 9.17) is 32.5 Å². The SMILES string of the molecule is CC[C@@](COC(=O)c1cc(OC)c(OC)c(OC)c1)(c1ccccc1)N(C)C(=O)OCc1oc(=O)oc1C. The van der Waals surface area contributed by atoms with Crippen molar-refractivity contribution in [3.05, 3.63) is 75.7 Å². The van der Waals surface area contributed by atoms with E-state index in [-0.39, 0.29) is 30.3 Å². The molecule has 11 nitrogen and oxygen atoms in total. The number of ether oxygens (including phenoxy) is 5. The molecule has 0 saturated carbocycles. The average molecular weight is 530 g/mol. The first-order valence-corrected chi connectivity index (χ1v) is 11.7. The molecule has 1 heterocycles. The largest absolute Gasteiger partial charge is 0.519 e. The van der Waals surface area contributed by atoms with Gasteiger partial charge in [-0.05, 0) is 31.0 Å². The quantitative estimate of drug-likeness (QED) is 0.332. The Balaban J connectivity index is 1.88. The minimum atomic E-state index is -1.08. The van der Waals surface area contributed by atoms with Gasteiger partial charge in [-0.25, -0.2) is 14.4 Å². The summed E-state index contributed by atoms with van der Waals surface area (Å²) in [6.45, 7) is 2.90. The number of aryl methyl sites for hydroxylation is 1. The zero-order valence-corrected chi connectivity index (χ0v) is 22.2. The fourth-order valence-corrected chi connectivity index (χ4v) is 4.04. The third kappa shape index (κ3) is 5.77. The van der Waals surface area contributed by atoms with Crippen molar-refractivity contribution in [3.8, 4) is 17.2 Å².